The molecule has 1 aromatic carbocycles. The maximum Gasteiger partial charge on any atom is 0.307 e. The summed E-state index contributed by atoms with van der Waals surface area (Å²) in [7, 11) is 0. The van der Waals surface area contributed by atoms with Crippen LogP contribution in [0, 0.1) is 17.3 Å². The van der Waals surface area contributed by atoms with Gasteiger partial charge in [0.05, 0.1) is 11.5 Å². The van der Waals surface area contributed by atoms with Crippen LogP contribution in [0.1, 0.15) is 57.4 Å². The second-order valence-corrected chi connectivity index (χ2v) is 10.9. The first kappa shape index (κ1) is 23.0. The number of nitrogens with zero attached hydrogens (tertiary/aromatic N) is 1. The number of ether oxygens (including phenoxy) is 2. The summed E-state index contributed by atoms with van der Waals surface area (Å²) in [5.74, 6) is -1.64. The minimum Gasteiger partial charge on any atom is -0.489 e. The molecule has 0 saturated heterocycles. The maximum absolute atomic E-state index is 12.7. The van der Waals surface area contributed by atoms with Crippen LogP contribution < -0.4 is 0 Å². The third-order valence-electron chi connectivity index (χ3n) is 8.85. The Kier molecular flexibility index (Phi) is 5.28. The van der Waals surface area contributed by atoms with Gasteiger partial charge in [-0.2, -0.15) is 0 Å². The van der Waals surface area contributed by atoms with Crippen LogP contribution in [-0.4, -0.2) is 40.0 Å². The lowest BCUT2D eigenvalue weighted by Gasteiger charge is -2.48. The zero-order valence-electron chi connectivity index (χ0n) is 20.4. The number of esters is 1. The molecule has 0 bridgehead atoms. The normalized spacial score (nSPS) is 33.2. The number of benzene rings is 1. The van der Waals surface area contributed by atoms with Crippen LogP contribution in [0.3, 0.4) is 0 Å². The lowest BCUT2D eigenvalue weighted by atomic mass is 9.61. The van der Waals surface area contributed by atoms with Crippen LogP contribution in [-0.2, 0) is 23.9 Å². The number of pyridine rings is 1. The van der Waals surface area contributed by atoms with Gasteiger partial charge in [0.15, 0.2) is 5.78 Å². The van der Waals surface area contributed by atoms with Crippen molar-refractivity contribution in [1.82, 2.24) is 4.98 Å². The Hall–Kier alpha value is -3.48. The van der Waals surface area contributed by atoms with E-state index >= 15 is 0 Å². The highest BCUT2D eigenvalue weighted by Gasteiger charge is 2.60. The summed E-state index contributed by atoms with van der Waals surface area (Å²) in [4.78, 5) is 40.8. The van der Waals surface area contributed by atoms with E-state index in [0.717, 1.165) is 34.8 Å². The number of hydrogen-bond acceptors (Lipinski definition) is 6. The largest absolute Gasteiger partial charge is 0.489 e. The molecule has 0 spiro atoms. The summed E-state index contributed by atoms with van der Waals surface area (Å²) in [6, 6.07) is 8.36. The number of aromatic nitrogens is 1. The molecule has 1 aromatic heterocycles. The van der Waals surface area contributed by atoms with Crippen molar-refractivity contribution >= 4 is 28.5 Å². The Morgan fingerprint density at radius 1 is 1.19 bits per heavy atom. The van der Waals surface area contributed by atoms with E-state index in [9.17, 15) is 19.5 Å². The van der Waals surface area contributed by atoms with Crippen molar-refractivity contribution in [2.45, 2.75) is 64.1 Å². The first-order valence-electron chi connectivity index (χ1n) is 12.6. The second kappa shape index (κ2) is 8.29. The smallest absolute Gasteiger partial charge is 0.307 e. The van der Waals surface area contributed by atoms with Gasteiger partial charge < -0.3 is 14.6 Å². The molecule has 2 fully saturated rings. The Labute approximate surface area is 209 Å². The third-order valence-corrected chi connectivity index (χ3v) is 8.85. The van der Waals surface area contributed by atoms with Crippen molar-refractivity contribution in [2.75, 3.05) is 0 Å². The molecule has 1 N–H and O–H groups in total. The van der Waals surface area contributed by atoms with Gasteiger partial charge in [-0.1, -0.05) is 19.1 Å². The van der Waals surface area contributed by atoms with Crippen LogP contribution in [0.15, 0.2) is 59.6 Å². The molecule has 2 aromatic rings. The van der Waals surface area contributed by atoms with Crippen LogP contribution in [0.4, 0.5) is 0 Å². The molecule has 1 aliphatic heterocycles. The molecule has 0 radical (unpaired) electrons. The molecular weight excluding hydrogens is 458 g/mol. The van der Waals surface area contributed by atoms with Crippen molar-refractivity contribution in [1.29, 1.82) is 0 Å². The van der Waals surface area contributed by atoms with Gasteiger partial charge in [-0.05, 0) is 59.4 Å². The number of carbonyl (C=O) groups is 3. The first-order valence-corrected chi connectivity index (χ1v) is 12.6. The second-order valence-electron chi connectivity index (χ2n) is 10.9. The van der Waals surface area contributed by atoms with Crippen molar-refractivity contribution in [2.24, 2.45) is 17.3 Å². The lowest BCUT2D eigenvalue weighted by Crippen LogP contribution is -2.44. The molecule has 7 nitrogen and oxygen atoms in total. The number of Topliss-reactive ketones (excluding diaryl/α,β-unsaturated/α-hetero) is 1. The fourth-order valence-corrected chi connectivity index (χ4v) is 7.15. The third kappa shape index (κ3) is 3.55. The fourth-order valence-electron chi connectivity index (χ4n) is 7.15. The number of allylic oxidation sites excluding steroid dienone is 3. The van der Waals surface area contributed by atoms with E-state index < -0.39 is 11.9 Å². The standard InChI is InChI=1S/C29H29NO6/c1-15(31)35-25-13-22-27-18(10-21-23(32)11-19(28(33)34)12-24(21)36-27)5-7-29(22,2)26(25)17-4-3-16-6-8-30-14-20(16)9-17/h3-4,6,8-10,14,19,22,25-27H,5,7,11-13H2,1-2H3,(H,33,34)/t19?,22-,25+,26-,27+,29-/m0/s1. The van der Waals surface area contributed by atoms with E-state index in [4.69, 9.17) is 9.47 Å². The van der Waals surface area contributed by atoms with Crippen molar-refractivity contribution in [3.05, 3.63) is 65.2 Å². The number of aliphatic carboxylic acids is 1. The molecule has 1 unspecified atom stereocenters. The molecule has 2 heterocycles. The van der Waals surface area contributed by atoms with Gasteiger partial charge in [-0.25, -0.2) is 0 Å². The summed E-state index contributed by atoms with van der Waals surface area (Å²) in [5.41, 5.74) is 2.54. The lowest BCUT2D eigenvalue weighted by molar-refractivity contribution is -0.147. The highest BCUT2D eigenvalue weighted by molar-refractivity contribution is 6.01. The van der Waals surface area contributed by atoms with Gasteiger partial charge in [-0.15, -0.1) is 0 Å². The Morgan fingerprint density at radius 3 is 2.81 bits per heavy atom. The molecule has 6 rings (SSSR count). The molecule has 36 heavy (non-hydrogen) atoms. The number of carboxylic acid groups (broad SMARTS) is 1. The maximum atomic E-state index is 12.7. The Morgan fingerprint density at radius 2 is 2.03 bits per heavy atom. The molecule has 186 valence electrons. The Bertz CT molecular complexity index is 1360. The number of carboxylic acids is 1. The van der Waals surface area contributed by atoms with Gasteiger partial charge in [-0.3, -0.25) is 19.4 Å². The molecular formula is C29H29NO6. The molecule has 6 atom stereocenters. The fraction of sp³-hybridized carbons (Fsp3) is 0.448. The topological polar surface area (TPSA) is 103 Å². The van der Waals surface area contributed by atoms with E-state index in [1.165, 1.54) is 6.92 Å². The molecule has 3 aliphatic carbocycles. The van der Waals surface area contributed by atoms with Gasteiger partial charge in [0.2, 0.25) is 0 Å². The van der Waals surface area contributed by atoms with Crippen molar-refractivity contribution < 1.29 is 29.0 Å². The highest BCUT2D eigenvalue weighted by atomic mass is 16.5. The average Bonchev–Trinajstić information content (AvgIpc) is 3.14. The van der Waals surface area contributed by atoms with E-state index in [0.29, 0.717) is 17.8 Å². The summed E-state index contributed by atoms with van der Waals surface area (Å²) >= 11 is 0. The van der Waals surface area contributed by atoms with Crippen molar-refractivity contribution in [3.63, 3.8) is 0 Å². The zero-order chi connectivity index (χ0) is 25.2. The van der Waals surface area contributed by atoms with Gasteiger partial charge >= 0.3 is 11.9 Å². The van der Waals surface area contributed by atoms with E-state index in [1.54, 1.807) is 6.20 Å². The summed E-state index contributed by atoms with van der Waals surface area (Å²) in [6.07, 6.45) is 7.58. The number of hydrogen-bond donors (Lipinski definition) is 1. The monoisotopic (exact) mass is 487 g/mol. The minimum atomic E-state index is -0.969. The predicted octanol–water partition coefficient (Wildman–Crippen LogP) is 4.71. The number of carbonyl (C=O) groups excluding carboxylic acids is 2. The SMILES string of the molecule is CC(=O)O[C@@H]1C[C@H]2[C@@H]3OC4=C(C=C3CC[C@]2(C)[C@H]1c1ccc2ccncc2c1)C(=O)CC(C(=O)O)C4. The number of rotatable bonds is 3. The van der Waals surface area contributed by atoms with Crippen LogP contribution in [0.2, 0.25) is 0 Å². The molecule has 4 aliphatic rings. The highest BCUT2D eigenvalue weighted by Crippen LogP contribution is 2.62. The first-order chi connectivity index (χ1) is 17.2. The van der Waals surface area contributed by atoms with E-state index in [2.05, 4.69) is 30.1 Å². The molecule has 7 heteroatoms. The van der Waals surface area contributed by atoms with Gasteiger partial charge in [0.1, 0.15) is 18.0 Å². The summed E-state index contributed by atoms with van der Waals surface area (Å²) in [5, 5.41) is 11.7. The average molecular weight is 488 g/mol. The van der Waals surface area contributed by atoms with E-state index in [-0.39, 0.29) is 54.1 Å². The van der Waals surface area contributed by atoms with Crippen molar-refractivity contribution in [3.8, 4) is 0 Å². The minimum absolute atomic E-state index is 0.0144. The summed E-state index contributed by atoms with van der Waals surface area (Å²) < 4.78 is 12.4. The summed E-state index contributed by atoms with van der Waals surface area (Å²) in [6.45, 7) is 3.71. The molecule has 0 amide bonds. The van der Waals surface area contributed by atoms with Crippen LogP contribution >= 0.6 is 0 Å². The quantitative estimate of drug-likeness (QED) is 0.625. The van der Waals surface area contributed by atoms with E-state index in [1.807, 2.05) is 18.3 Å². The predicted molar refractivity (Wildman–Crippen MR) is 131 cm³/mol. The number of fused-ring (bicyclic) bond motifs is 4. The zero-order valence-corrected chi connectivity index (χ0v) is 20.4. The molecule has 2 saturated carbocycles. The Balaban J connectivity index is 1.38. The van der Waals surface area contributed by atoms with Crippen LogP contribution in [0.5, 0.6) is 0 Å². The van der Waals surface area contributed by atoms with Gasteiger partial charge in [0.25, 0.3) is 0 Å². The van der Waals surface area contributed by atoms with Gasteiger partial charge in [0, 0.05) is 49.4 Å². The number of ketones is 1. The van der Waals surface area contributed by atoms with Crippen LogP contribution in [0.25, 0.3) is 10.8 Å².